The van der Waals surface area contributed by atoms with Gasteiger partial charge in [0, 0.05) is 18.0 Å². The van der Waals surface area contributed by atoms with Gasteiger partial charge in [-0.3, -0.25) is 9.71 Å². The molecule has 5 aromatic rings. The number of H-pyrrole nitrogens is 1. The number of nitrogens with one attached hydrogen (secondary N) is 2. The van der Waals surface area contributed by atoms with Crippen molar-refractivity contribution in [1.29, 1.82) is 0 Å². The fraction of sp³-hybridized carbons (Fsp3) is 0.222. The summed E-state index contributed by atoms with van der Waals surface area (Å²) in [6.07, 6.45) is 4.66. The second-order valence-electron chi connectivity index (χ2n) is 8.89. The van der Waals surface area contributed by atoms with Crippen LogP contribution in [0.1, 0.15) is 18.9 Å². The molecule has 222 valence electrons. The lowest BCUT2D eigenvalue weighted by Crippen LogP contribution is -2.17. The quantitative estimate of drug-likeness (QED) is 0.177. The zero-order valence-electron chi connectivity index (χ0n) is 23.1. The van der Waals surface area contributed by atoms with Gasteiger partial charge in [0.15, 0.2) is 34.0 Å². The van der Waals surface area contributed by atoms with Crippen LogP contribution in [0.3, 0.4) is 0 Å². The van der Waals surface area contributed by atoms with Gasteiger partial charge in [0.05, 0.1) is 13.7 Å². The highest BCUT2D eigenvalue weighted by molar-refractivity contribution is 7.92. The van der Waals surface area contributed by atoms with Crippen molar-refractivity contribution in [2.75, 3.05) is 25.0 Å². The molecule has 0 atom stereocenters. The zero-order valence-corrected chi connectivity index (χ0v) is 23.9. The van der Waals surface area contributed by atoms with Crippen LogP contribution in [0.25, 0.3) is 22.9 Å². The van der Waals surface area contributed by atoms with Gasteiger partial charge in [-0.15, -0.1) is 5.10 Å². The lowest BCUT2D eigenvalue weighted by atomic mass is 10.2. The third-order valence-electron chi connectivity index (χ3n) is 5.89. The molecule has 0 amide bonds. The molecule has 0 saturated carbocycles. The Morgan fingerprint density at radius 1 is 1.05 bits per heavy atom. The van der Waals surface area contributed by atoms with Gasteiger partial charge < -0.3 is 19.3 Å². The highest BCUT2D eigenvalue weighted by Gasteiger charge is 2.26. The number of anilines is 1. The van der Waals surface area contributed by atoms with E-state index in [0.29, 0.717) is 22.8 Å². The van der Waals surface area contributed by atoms with Gasteiger partial charge in [0.1, 0.15) is 12.3 Å². The number of aromatic nitrogens is 8. The third kappa shape index (κ3) is 6.82. The van der Waals surface area contributed by atoms with Crippen molar-refractivity contribution >= 4 is 15.8 Å². The summed E-state index contributed by atoms with van der Waals surface area (Å²) in [7, 11) is -2.80. The van der Waals surface area contributed by atoms with E-state index in [0.717, 1.165) is 18.4 Å². The maximum absolute atomic E-state index is 13.5. The van der Waals surface area contributed by atoms with Crippen molar-refractivity contribution in [3.63, 3.8) is 0 Å². The molecule has 0 spiro atoms. The van der Waals surface area contributed by atoms with Crippen LogP contribution in [-0.4, -0.2) is 74.4 Å². The number of para-hydroxylation sites is 2. The summed E-state index contributed by atoms with van der Waals surface area (Å²) in [4.78, 5) is 17.4. The van der Waals surface area contributed by atoms with Gasteiger partial charge >= 0.3 is 0 Å². The van der Waals surface area contributed by atoms with Gasteiger partial charge in [-0.05, 0) is 52.7 Å². The average molecular weight is 606 g/mol. The highest BCUT2D eigenvalue weighted by Crippen LogP contribution is 2.41. The lowest BCUT2D eigenvalue weighted by molar-refractivity contribution is 0.192. The number of aliphatic hydroxyl groups is 1. The van der Waals surface area contributed by atoms with Gasteiger partial charge in [-0.2, -0.15) is 13.4 Å². The minimum absolute atomic E-state index is 0.0559. The third-order valence-corrected chi connectivity index (χ3v) is 7.15. The Labute approximate surface area is 246 Å². The molecular formula is C27H27N9O6S. The summed E-state index contributed by atoms with van der Waals surface area (Å²) < 4.78 is 46.8. The molecule has 1 aromatic carbocycles. The molecule has 16 heteroatoms. The second-order valence-corrected chi connectivity index (χ2v) is 10.5. The average Bonchev–Trinajstić information content (AvgIpc) is 3.57. The molecule has 0 aliphatic heterocycles. The van der Waals surface area contributed by atoms with E-state index in [1.54, 1.807) is 42.5 Å². The molecule has 4 heterocycles. The van der Waals surface area contributed by atoms with E-state index in [4.69, 9.17) is 14.2 Å². The van der Waals surface area contributed by atoms with E-state index < -0.39 is 10.0 Å². The molecule has 3 N–H and O–H groups in total. The second kappa shape index (κ2) is 13.2. The molecule has 43 heavy (non-hydrogen) atoms. The largest absolute Gasteiger partial charge is 0.493 e. The topological polar surface area (TPSA) is 200 Å². The molecule has 0 saturated heterocycles. The minimum Gasteiger partial charge on any atom is -0.493 e. The summed E-state index contributed by atoms with van der Waals surface area (Å²) in [6.45, 7) is 1.50. The van der Waals surface area contributed by atoms with E-state index in [1.165, 1.54) is 25.6 Å². The van der Waals surface area contributed by atoms with Crippen LogP contribution in [0.2, 0.25) is 0 Å². The normalized spacial score (nSPS) is 11.2. The molecule has 0 unspecified atom stereocenters. The number of methoxy groups -OCH3 is 1. The minimum atomic E-state index is -4.27. The Morgan fingerprint density at radius 3 is 2.58 bits per heavy atom. The van der Waals surface area contributed by atoms with Crippen LogP contribution in [0.15, 0.2) is 66.0 Å². The fourth-order valence-corrected chi connectivity index (χ4v) is 4.86. The number of aryl methyl sites for hydroxylation is 1. The molecule has 0 radical (unpaired) electrons. The molecule has 5 rings (SSSR count). The summed E-state index contributed by atoms with van der Waals surface area (Å²) in [5.41, 5.74) is 1.72. The van der Waals surface area contributed by atoms with Gasteiger partial charge in [0.2, 0.25) is 5.75 Å². The predicted molar refractivity (Wildman–Crippen MR) is 153 cm³/mol. The highest BCUT2D eigenvalue weighted by atomic mass is 32.2. The predicted octanol–water partition coefficient (Wildman–Crippen LogP) is 3.04. The van der Waals surface area contributed by atoms with Crippen molar-refractivity contribution in [2.24, 2.45) is 0 Å². The number of ether oxygens (including phenoxy) is 3. The Bertz CT molecular complexity index is 1790. The number of tetrazole rings is 1. The van der Waals surface area contributed by atoms with E-state index in [9.17, 15) is 13.5 Å². The van der Waals surface area contributed by atoms with Crippen LogP contribution in [0.4, 0.5) is 5.82 Å². The van der Waals surface area contributed by atoms with Crippen LogP contribution in [0.5, 0.6) is 23.1 Å². The zero-order chi connectivity index (χ0) is 30.2. The molecule has 0 aliphatic rings. The summed E-state index contributed by atoms with van der Waals surface area (Å²) in [5, 5.41) is 22.9. The number of aliphatic hydroxyl groups excluding tert-OH is 1. The fourth-order valence-electron chi connectivity index (χ4n) is 3.93. The monoisotopic (exact) mass is 605 g/mol. The van der Waals surface area contributed by atoms with Crippen LogP contribution >= 0.6 is 0 Å². The molecular weight excluding hydrogens is 578 g/mol. The Morgan fingerprint density at radius 2 is 1.88 bits per heavy atom. The maximum Gasteiger partial charge on any atom is 0.280 e. The van der Waals surface area contributed by atoms with E-state index in [-0.39, 0.29) is 47.3 Å². The molecule has 4 aromatic heterocycles. The lowest BCUT2D eigenvalue weighted by Gasteiger charge is -2.18. The number of nitrogens with zero attached hydrogens (tertiary/aromatic N) is 7. The molecule has 15 nitrogen and oxygen atoms in total. The molecule has 0 aliphatic carbocycles. The van der Waals surface area contributed by atoms with Gasteiger partial charge in [-0.1, -0.05) is 31.5 Å². The molecule has 0 bridgehead atoms. The molecule has 0 fully saturated rings. The van der Waals surface area contributed by atoms with Crippen LogP contribution in [-0.2, 0) is 16.4 Å². The van der Waals surface area contributed by atoms with Crippen molar-refractivity contribution in [3.05, 3.63) is 66.5 Å². The van der Waals surface area contributed by atoms with E-state index >= 15 is 0 Å². The number of pyridine rings is 2. The number of hydrogen-bond acceptors (Lipinski definition) is 13. The SMILES string of the molecule is CCCc1ccc(S(=O)(=O)Nc2nc(-c3ccnc(-c4nnn[nH]4)c3)nc(OCCO)c2Oc2ccccc2OC)nc1. The number of aromatic amines is 1. The van der Waals surface area contributed by atoms with E-state index in [1.807, 2.05) is 6.92 Å². The first kappa shape index (κ1) is 29.3. The van der Waals surface area contributed by atoms with Gasteiger partial charge in [0.25, 0.3) is 15.9 Å². The van der Waals surface area contributed by atoms with Crippen LogP contribution < -0.4 is 18.9 Å². The first-order valence-corrected chi connectivity index (χ1v) is 14.5. The summed E-state index contributed by atoms with van der Waals surface area (Å²) in [5.74, 6) is 0.398. The van der Waals surface area contributed by atoms with E-state index in [2.05, 4.69) is 45.3 Å². The van der Waals surface area contributed by atoms with Crippen molar-refractivity contribution in [2.45, 2.75) is 24.8 Å². The van der Waals surface area contributed by atoms with Crippen molar-refractivity contribution < 1.29 is 27.7 Å². The Balaban J connectivity index is 1.64. The smallest absolute Gasteiger partial charge is 0.280 e. The number of hydrogen-bond donors (Lipinski definition) is 3. The van der Waals surface area contributed by atoms with Crippen molar-refractivity contribution in [3.8, 4) is 46.0 Å². The first-order chi connectivity index (χ1) is 20.9. The summed E-state index contributed by atoms with van der Waals surface area (Å²) >= 11 is 0. The Hall–Kier alpha value is -5.22. The Kier molecular flexibility index (Phi) is 8.97. The maximum atomic E-state index is 13.5. The first-order valence-electron chi connectivity index (χ1n) is 13.1. The summed E-state index contributed by atoms with van der Waals surface area (Å²) in [6, 6.07) is 13.1. The van der Waals surface area contributed by atoms with Crippen LogP contribution in [0, 0.1) is 0 Å². The standard InChI is InChI=1S/C27H27N9O6S/c1-3-6-17-9-10-22(29-16-17)43(38,39)34-26-23(42-21-8-5-4-7-20(21)40-2)27(41-14-13-37)31-24(30-26)18-11-12-28-19(15-18)25-32-35-36-33-25/h4-5,7-12,15-16,37H,3,6,13-14H2,1-2H3,(H,30,31,34)(H,32,33,35,36). The number of benzene rings is 1. The number of rotatable bonds is 13. The van der Waals surface area contributed by atoms with Gasteiger partial charge in [-0.25, -0.2) is 15.1 Å². The van der Waals surface area contributed by atoms with Crippen molar-refractivity contribution in [1.82, 2.24) is 40.6 Å². The number of sulfonamides is 1.